The Morgan fingerprint density at radius 1 is 1.17 bits per heavy atom. The molecule has 0 fully saturated rings. The third-order valence-corrected chi connectivity index (χ3v) is 3.33. The zero-order valence-corrected chi connectivity index (χ0v) is 10.6. The highest BCUT2D eigenvalue weighted by molar-refractivity contribution is 7.08. The van der Waals surface area contributed by atoms with Gasteiger partial charge in [-0.1, -0.05) is 5.21 Å². The number of thiophene rings is 1. The van der Waals surface area contributed by atoms with E-state index in [1.807, 2.05) is 41.9 Å². The second-order valence-electron chi connectivity index (χ2n) is 3.76. The molecular formula is C13H11N3OS. The average molecular weight is 257 g/mol. The molecule has 3 rings (SSSR count). The van der Waals surface area contributed by atoms with Crippen LogP contribution >= 0.6 is 11.3 Å². The van der Waals surface area contributed by atoms with Crippen molar-refractivity contribution in [1.29, 1.82) is 0 Å². The van der Waals surface area contributed by atoms with E-state index in [9.17, 15) is 0 Å². The van der Waals surface area contributed by atoms with Crippen LogP contribution in [0.25, 0.3) is 16.9 Å². The summed E-state index contributed by atoms with van der Waals surface area (Å²) < 4.78 is 6.88. The van der Waals surface area contributed by atoms with Gasteiger partial charge in [-0.3, -0.25) is 0 Å². The molecule has 0 atom stereocenters. The van der Waals surface area contributed by atoms with Crippen molar-refractivity contribution in [3.63, 3.8) is 0 Å². The van der Waals surface area contributed by atoms with Crippen molar-refractivity contribution in [2.45, 2.75) is 0 Å². The van der Waals surface area contributed by atoms with E-state index in [1.165, 1.54) is 0 Å². The largest absolute Gasteiger partial charge is 0.497 e. The summed E-state index contributed by atoms with van der Waals surface area (Å²) in [5.74, 6) is 0.830. The summed E-state index contributed by atoms with van der Waals surface area (Å²) in [7, 11) is 1.65. The van der Waals surface area contributed by atoms with Crippen molar-refractivity contribution in [2.75, 3.05) is 7.11 Å². The molecule has 0 aliphatic heterocycles. The predicted octanol–water partition coefficient (Wildman–Crippen LogP) is 3.00. The molecule has 0 aliphatic carbocycles. The minimum Gasteiger partial charge on any atom is -0.497 e. The molecule has 1 aromatic carbocycles. The third-order valence-electron chi connectivity index (χ3n) is 2.65. The molecule has 2 aromatic heterocycles. The van der Waals surface area contributed by atoms with Gasteiger partial charge in [0.05, 0.1) is 19.0 Å². The van der Waals surface area contributed by atoms with Crippen molar-refractivity contribution in [1.82, 2.24) is 15.0 Å². The van der Waals surface area contributed by atoms with Gasteiger partial charge < -0.3 is 4.74 Å². The van der Waals surface area contributed by atoms with Gasteiger partial charge in [0.1, 0.15) is 11.4 Å². The summed E-state index contributed by atoms with van der Waals surface area (Å²) in [5.41, 5.74) is 2.94. The van der Waals surface area contributed by atoms with E-state index in [-0.39, 0.29) is 0 Å². The molecule has 0 radical (unpaired) electrons. The Hall–Kier alpha value is -2.14. The zero-order valence-electron chi connectivity index (χ0n) is 9.78. The van der Waals surface area contributed by atoms with E-state index in [2.05, 4.69) is 15.7 Å². The lowest BCUT2D eigenvalue weighted by molar-refractivity contribution is 0.414. The van der Waals surface area contributed by atoms with E-state index in [0.29, 0.717) is 0 Å². The lowest BCUT2D eigenvalue weighted by atomic mass is 10.2. The fourth-order valence-electron chi connectivity index (χ4n) is 1.67. The molecule has 18 heavy (non-hydrogen) atoms. The first-order chi connectivity index (χ1) is 8.86. The van der Waals surface area contributed by atoms with Gasteiger partial charge in [0, 0.05) is 10.9 Å². The number of benzene rings is 1. The Bertz CT molecular complexity index is 629. The first-order valence-electron chi connectivity index (χ1n) is 5.46. The maximum atomic E-state index is 5.13. The maximum Gasteiger partial charge on any atom is 0.119 e. The lowest BCUT2D eigenvalue weighted by Gasteiger charge is -2.01. The number of rotatable bonds is 3. The standard InChI is InChI=1S/C13H11N3OS/c1-17-12-4-2-11(3-5-12)16-8-13(14-15-16)10-6-7-18-9-10/h2-9H,1H3. The predicted molar refractivity (Wildman–Crippen MR) is 71.2 cm³/mol. The van der Waals surface area contributed by atoms with Crippen molar-refractivity contribution >= 4 is 11.3 Å². The van der Waals surface area contributed by atoms with Crippen LogP contribution in [-0.2, 0) is 0 Å². The zero-order chi connectivity index (χ0) is 12.4. The lowest BCUT2D eigenvalue weighted by Crippen LogP contribution is -1.94. The van der Waals surface area contributed by atoms with E-state index in [1.54, 1.807) is 23.1 Å². The molecule has 0 aliphatic rings. The maximum absolute atomic E-state index is 5.13. The quantitative estimate of drug-likeness (QED) is 0.724. The van der Waals surface area contributed by atoms with Gasteiger partial charge in [0.2, 0.25) is 0 Å². The van der Waals surface area contributed by atoms with E-state index in [4.69, 9.17) is 4.74 Å². The van der Waals surface area contributed by atoms with Crippen LogP contribution in [0, 0.1) is 0 Å². The van der Waals surface area contributed by atoms with Gasteiger partial charge in [-0.15, -0.1) is 5.10 Å². The van der Waals surface area contributed by atoms with Crippen LogP contribution in [0.4, 0.5) is 0 Å². The summed E-state index contributed by atoms with van der Waals surface area (Å²) in [6, 6.07) is 9.74. The summed E-state index contributed by atoms with van der Waals surface area (Å²) in [5, 5.41) is 12.4. The van der Waals surface area contributed by atoms with Gasteiger partial charge in [-0.2, -0.15) is 11.3 Å². The minimum atomic E-state index is 0.830. The van der Waals surface area contributed by atoms with Crippen molar-refractivity contribution < 1.29 is 4.74 Å². The molecule has 0 saturated heterocycles. The first kappa shape index (κ1) is 11.0. The fourth-order valence-corrected chi connectivity index (χ4v) is 2.32. The molecule has 4 nitrogen and oxygen atoms in total. The van der Waals surface area contributed by atoms with Gasteiger partial charge in [0.25, 0.3) is 0 Å². The Morgan fingerprint density at radius 3 is 2.67 bits per heavy atom. The van der Waals surface area contributed by atoms with Gasteiger partial charge in [-0.05, 0) is 35.7 Å². The highest BCUT2D eigenvalue weighted by atomic mass is 32.1. The van der Waals surface area contributed by atoms with Gasteiger partial charge >= 0.3 is 0 Å². The number of methoxy groups -OCH3 is 1. The number of aromatic nitrogens is 3. The Kier molecular flexibility index (Phi) is 2.82. The molecule has 0 amide bonds. The molecule has 2 heterocycles. The van der Waals surface area contributed by atoms with Crippen LogP contribution in [0.15, 0.2) is 47.3 Å². The second kappa shape index (κ2) is 4.62. The topological polar surface area (TPSA) is 39.9 Å². The summed E-state index contributed by atoms with van der Waals surface area (Å²) in [4.78, 5) is 0. The molecule has 0 N–H and O–H groups in total. The van der Waals surface area contributed by atoms with Crippen molar-refractivity contribution in [3.05, 3.63) is 47.3 Å². The first-order valence-corrected chi connectivity index (χ1v) is 6.40. The van der Waals surface area contributed by atoms with Crippen LogP contribution in [0.5, 0.6) is 5.75 Å². The average Bonchev–Trinajstić information content (AvgIpc) is 3.09. The monoisotopic (exact) mass is 257 g/mol. The van der Waals surface area contributed by atoms with Crippen LogP contribution < -0.4 is 4.74 Å². The summed E-state index contributed by atoms with van der Waals surface area (Å²) in [6.45, 7) is 0. The Balaban J connectivity index is 1.92. The summed E-state index contributed by atoms with van der Waals surface area (Å²) in [6.07, 6.45) is 1.92. The number of nitrogens with zero attached hydrogens (tertiary/aromatic N) is 3. The Morgan fingerprint density at radius 2 is 2.00 bits per heavy atom. The number of hydrogen-bond acceptors (Lipinski definition) is 4. The van der Waals surface area contributed by atoms with Crippen molar-refractivity contribution in [2.24, 2.45) is 0 Å². The molecule has 90 valence electrons. The van der Waals surface area contributed by atoms with Gasteiger partial charge in [0.15, 0.2) is 0 Å². The van der Waals surface area contributed by atoms with Crippen LogP contribution in [0.3, 0.4) is 0 Å². The number of hydrogen-bond donors (Lipinski definition) is 0. The van der Waals surface area contributed by atoms with Crippen LogP contribution in [-0.4, -0.2) is 22.1 Å². The van der Waals surface area contributed by atoms with E-state index >= 15 is 0 Å². The normalized spacial score (nSPS) is 10.5. The third kappa shape index (κ3) is 2.00. The second-order valence-corrected chi connectivity index (χ2v) is 4.54. The SMILES string of the molecule is COc1ccc(-n2cc(-c3ccsc3)nn2)cc1. The van der Waals surface area contributed by atoms with E-state index in [0.717, 1.165) is 22.7 Å². The molecular weight excluding hydrogens is 246 g/mol. The van der Waals surface area contributed by atoms with Gasteiger partial charge in [-0.25, -0.2) is 4.68 Å². The fraction of sp³-hybridized carbons (Fsp3) is 0.0769. The minimum absolute atomic E-state index is 0.830. The van der Waals surface area contributed by atoms with E-state index < -0.39 is 0 Å². The number of ether oxygens (including phenoxy) is 1. The highest BCUT2D eigenvalue weighted by Gasteiger charge is 2.05. The Labute approximate surface area is 108 Å². The highest BCUT2D eigenvalue weighted by Crippen LogP contribution is 2.21. The smallest absolute Gasteiger partial charge is 0.119 e. The molecule has 0 unspecified atom stereocenters. The summed E-state index contributed by atoms with van der Waals surface area (Å²) >= 11 is 1.65. The van der Waals surface area contributed by atoms with Crippen LogP contribution in [0.2, 0.25) is 0 Å². The molecule has 3 aromatic rings. The van der Waals surface area contributed by atoms with Crippen LogP contribution in [0.1, 0.15) is 0 Å². The molecule has 0 saturated carbocycles. The molecule has 5 heteroatoms. The molecule has 0 bridgehead atoms. The molecule has 0 spiro atoms. The van der Waals surface area contributed by atoms with Crippen molar-refractivity contribution in [3.8, 4) is 22.7 Å².